The van der Waals surface area contributed by atoms with Crippen molar-refractivity contribution in [2.24, 2.45) is 0 Å². The molecule has 2 rings (SSSR count). The molecule has 2 atom stereocenters. The molecule has 1 fully saturated rings. The Labute approximate surface area is 88.1 Å². The fourth-order valence-corrected chi connectivity index (χ4v) is 2.40. The normalized spacial score (nSPS) is 28.1. The smallest absolute Gasteiger partial charge is 0.205 e. The van der Waals surface area contributed by atoms with E-state index < -0.39 is 0 Å². The van der Waals surface area contributed by atoms with E-state index in [1.165, 1.54) is 11.5 Å². The van der Waals surface area contributed by atoms with Crippen LogP contribution in [-0.2, 0) is 4.74 Å². The summed E-state index contributed by atoms with van der Waals surface area (Å²) in [6.07, 6.45) is 0.271. The van der Waals surface area contributed by atoms with Gasteiger partial charge in [-0.25, -0.2) is 4.98 Å². The SMILES string of the molecule is Cc1nsc(N2CCO[C@@H](C)[C@H]2C)n1. The first-order valence-electron chi connectivity index (χ1n) is 4.87. The van der Waals surface area contributed by atoms with E-state index in [4.69, 9.17) is 4.74 Å². The Kier molecular flexibility index (Phi) is 2.69. The Morgan fingerprint density at radius 3 is 2.93 bits per heavy atom. The minimum atomic E-state index is 0.271. The molecule has 1 aliphatic heterocycles. The van der Waals surface area contributed by atoms with Gasteiger partial charge in [-0.05, 0) is 20.8 Å². The predicted molar refractivity (Wildman–Crippen MR) is 56.9 cm³/mol. The average Bonchev–Trinajstić information content (AvgIpc) is 2.57. The van der Waals surface area contributed by atoms with Crippen molar-refractivity contribution in [3.8, 4) is 0 Å². The van der Waals surface area contributed by atoms with Gasteiger partial charge in [0.2, 0.25) is 5.13 Å². The zero-order chi connectivity index (χ0) is 10.1. The molecule has 1 saturated heterocycles. The van der Waals surface area contributed by atoms with E-state index in [1.807, 2.05) is 6.92 Å². The highest BCUT2D eigenvalue weighted by Crippen LogP contribution is 2.23. The van der Waals surface area contributed by atoms with Gasteiger partial charge in [-0.2, -0.15) is 4.37 Å². The van der Waals surface area contributed by atoms with E-state index in [2.05, 4.69) is 28.1 Å². The highest BCUT2D eigenvalue weighted by atomic mass is 32.1. The summed E-state index contributed by atoms with van der Waals surface area (Å²) in [4.78, 5) is 6.67. The zero-order valence-electron chi connectivity index (χ0n) is 8.73. The molecule has 0 amide bonds. The van der Waals surface area contributed by atoms with Crippen LogP contribution in [0.1, 0.15) is 19.7 Å². The van der Waals surface area contributed by atoms with E-state index in [0.29, 0.717) is 6.04 Å². The standard InChI is InChI=1S/C9H15N3OS/c1-6-7(2)13-5-4-12(6)9-10-8(3)11-14-9/h6-7H,4-5H2,1-3H3/t6-,7+/m1/s1. The highest BCUT2D eigenvalue weighted by Gasteiger charge is 2.27. The van der Waals surface area contributed by atoms with Crippen LogP contribution >= 0.6 is 11.5 Å². The molecule has 0 saturated carbocycles. The van der Waals surface area contributed by atoms with Gasteiger partial charge in [-0.1, -0.05) is 0 Å². The van der Waals surface area contributed by atoms with Crippen LogP contribution in [0.2, 0.25) is 0 Å². The molecule has 0 aromatic carbocycles. The molecule has 0 N–H and O–H groups in total. The van der Waals surface area contributed by atoms with Gasteiger partial charge in [0.1, 0.15) is 5.82 Å². The van der Waals surface area contributed by atoms with E-state index in [1.54, 1.807) is 0 Å². The lowest BCUT2D eigenvalue weighted by Crippen LogP contribution is -2.48. The van der Waals surface area contributed by atoms with Crippen molar-refractivity contribution in [3.05, 3.63) is 5.82 Å². The molecule has 0 spiro atoms. The third-order valence-corrected chi connectivity index (χ3v) is 3.49. The maximum Gasteiger partial charge on any atom is 0.205 e. The topological polar surface area (TPSA) is 38.2 Å². The van der Waals surface area contributed by atoms with Gasteiger partial charge in [0.05, 0.1) is 18.8 Å². The van der Waals surface area contributed by atoms with Crippen LogP contribution in [0, 0.1) is 6.92 Å². The molecular formula is C9H15N3OS. The molecule has 1 aromatic rings. The van der Waals surface area contributed by atoms with Crippen molar-refractivity contribution in [2.75, 3.05) is 18.1 Å². The lowest BCUT2D eigenvalue weighted by atomic mass is 10.1. The molecule has 14 heavy (non-hydrogen) atoms. The lowest BCUT2D eigenvalue weighted by molar-refractivity contribution is 0.0284. The molecule has 2 heterocycles. The third-order valence-electron chi connectivity index (χ3n) is 2.65. The van der Waals surface area contributed by atoms with Crippen LogP contribution in [0.4, 0.5) is 5.13 Å². The van der Waals surface area contributed by atoms with Gasteiger partial charge >= 0.3 is 0 Å². The monoisotopic (exact) mass is 213 g/mol. The molecule has 4 nitrogen and oxygen atoms in total. The Balaban J connectivity index is 2.17. The number of rotatable bonds is 1. The number of nitrogens with zero attached hydrogens (tertiary/aromatic N) is 3. The summed E-state index contributed by atoms with van der Waals surface area (Å²) < 4.78 is 9.76. The van der Waals surface area contributed by atoms with Crippen molar-refractivity contribution in [2.45, 2.75) is 32.9 Å². The minimum Gasteiger partial charge on any atom is -0.375 e. The maximum absolute atomic E-state index is 5.56. The van der Waals surface area contributed by atoms with Crippen LogP contribution in [0.3, 0.4) is 0 Å². The van der Waals surface area contributed by atoms with Crippen LogP contribution in [0.5, 0.6) is 0 Å². The first-order valence-corrected chi connectivity index (χ1v) is 5.64. The summed E-state index contributed by atoms with van der Waals surface area (Å²) in [6, 6.07) is 0.385. The molecule has 0 bridgehead atoms. The number of ether oxygens (including phenoxy) is 1. The summed E-state index contributed by atoms with van der Waals surface area (Å²) in [5, 5.41) is 1.02. The van der Waals surface area contributed by atoms with Gasteiger partial charge < -0.3 is 9.64 Å². The highest BCUT2D eigenvalue weighted by molar-refractivity contribution is 7.09. The fourth-order valence-electron chi connectivity index (χ4n) is 1.61. The van der Waals surface area contributed by atoms with E-state index in [-0.39, 0.29) is 6.10 Å². The number of aryl methyl sites for hydroxylation is 1. The molecule has 0 aliphatic carbocycles. The van der Waals surface area contributed by atoms with Gasteiger partial charge in [0, 0.05) is 18.1 Å². The molecule has 78 valence electrons. The van der Waals surface area contributed by atoms with Crippen molar-refractivity contribution < 1.29 is 4.74 Å². The van der Waals surface area contributed by atoms with Crippen LogP contribution < -0.4 is 4.90 Å². The molecule has 0 radical (unpaired) electrons. The third kappa shape index (κ3) is 1.74. The zero-order valence-corrected chi connectivity index (χ0v) is 9.54. The second kappa shape index (κ2) is 3.82. The fraction of sp³-hybridized carbons (Fsp3) is 0.778. The number of hydrogen-bond donors (Lipinski definition) is 0. The number of anilines is 1. The first-order chi connectivity index (χ1) is 6.68. The van der Waals surface area contributed by atoms with Gasteiger partial charge in [-0.15, -0.1) is 0 Å². The van der Waals surface area contributed by atoms with Crippen molar-refractivity contribution in [3.63, 3.8) is 0 Å². The second-order valence-electron chi connectivity index (χ2n) is 3.63. The quantitative estimate of drug-likeness (QED) is 0.708. The molecule has 0 unspecified atom stereocenters. The average molecular weight is 213 g/mol. The second-order valence-corrected chi connectivity index (χ2v) is 4.36. The lowest BCUT2D eigenvalue weighted by Gasteiger charge is -2.37. The Bertz CT molecular complexity index is 315. The van der Waals surface area contributed by atoms with Crippen LogP contribution in [0.25, 0.3) is 0 Å². The Morgan fingerprint density at radius 2 is 2.29 bits per heavy atom. The summed E-state index contributed by atoms with van der Waals surface area (Å²) in [5.74, 6) is 0.858. The largest absolute Gasteiger partial charge is 0.375 e. The summed E-state index contributed by atoms with van der Waals surface area (Å²) in [7, 11) is 0. The number of aromatic nitrogens is 2. The first kappa shape index (κ1) is 9.86. The van der Waals surface area contributed by atoms with Crippen LogP contribution in [-0.4, -0.2) is 34.7 Å². The minimum absolute atomic E-state index is 0.271. The van der Waals surface area contributed by atoms with E-state index in [0.717, 1.165) is 24.1 Å². The summed E-state index contributed by atoms with van der Waals surface area (Å²) >= 11 is 1.47. The van der Waals surface area contributed by atoms with Crippen LogP contribution in [0.15, 0.2) is 0 Å². The summed E-state index contributed by atoms with van der Waals surface area (Å²) in [6.45, 7) is 7.89. The predicted octanol–water partition coefficient (Wildman–Crippen LogP) is 1.46. The molecule has 1 aromatic heterocycles. The van der Waals surface area contributed by atoms with E-state index in [9.17, 15) is 0 Å². The van der Waals surface area contributed by atoms with Crippen molar-refractivity contribution in [1.82, 2.24) is 9.36 Å². The number of morpholine rings is 1. The van der Waals surface area contributed by atoms with Crippen molar-refractivity contribution >= 4 is 16.7 Å². The van der Waals surface area contributed by atoms with Crippen molar-refractivity contribution in [1.29, 1.82) is 0 Å². The molecule has 1 aliphatic rings. The Hall–Kier alpha value is -0.680. The Morgan fingerprint density at radius 1 is 1.50 bits per heavy atom. The van der Waals surface area contributed by atoms with Gasteiger partial charge in [0.15, 0.2) is 0 Å². The van der Waals surface area contributed by atoms with Gasteiger partial charge in [0.25, 0.3) is 0 Å². The van der Waals surface area contributed by atoms with Gasteiger partial charge in [-0.3, -0.25) is 0 Å². The molecule has 5 heteroatoms. The van der Waals surface area contributed by atoms with E-state index >= 15 is 0 Å². The molecular weight excluding hydrogens is 198 g/mol. The number of hydrogen-bond acceptors (Lipinski definition) is 5. The maximum atomic E-state index is 5.56. The summed E-state index contributed by atoms with van der Waals surface area (Å²) in [5.41, 5.74) is 0.